The van der Waals surface area contributed by atoms with Crippen molar-refractivity contribution in [1.82, 2.24) is 4.90 Å². The van der Waals surface area contributed by atoms with Crippen LogP contribution < -0.4 is 10.6 Å². The van der Waals surface area contributed by atoms with Crippen LogP contribution in [0.25, 0.3) is 0 Å². The van der Waals surface area contributed by atoms with E-state index in [-0.39, 0.29) is 5.69 Å². The Hall–Kier alpha value is -2.51. The Labute approximate surface area is 158 Å². The van der Waals surface area contributed by atoms with Gasteiger partial charge in [0.15, 0.2) is 5.11 Å². The first-order valence-electron chi connectivity index (χ1n) is 8.74. The third-order valence-corrected chi connectivity index (χ3v) is 4.59. The number of non-ortho nitro benzene ring substituents is 1. The van der Waals surface area contributed by atoms with E-state index < -0.39 is 4.92 Å². The molecular formula is C19H22N4O2S. The smallest absolute Gasteiger partial charge is 0.271 e. The molecule has 2 aromatic rings. The van der Waals surface area contributed by atoms with Crippen molar-refractivity contribution in [3.8, 4) is 0 Å². The van der Waals surface area contributed by atoms with Gasteiger partial charge in [-0.15, -0.1) is 0 Å². The molecule has 0 aliphatic carbocycles. The van der Waals surface area contributed by atoms with Gasteiger partial charge in [0.1, 0.15) is 0 Å². The normalized spacial score (nSPS) is 14.6. The summed E-state index contributed by atoms with van der Waals surface area (Å²) in [5.74, 6) is 0. The van der Waals surface area contributed by atoms with Crippen molar-refractivity contribution in [2.45, 2.75) is 25.8 Å². The Bertz CT molecular complexity index is 773. The fraction of sp³-hybridized carbons (Fsp3) is 0.316. The number of nitro groups is 1. The van der Waals surface area contributed by atoms with Crippen LogP contribution in [0.4, 0.5) is 17.1 Å². The Morgan fingerprint density at radius 3 is 2.42 bits per heavy atom. The van der Waals surface area contributed by atoms with E-state index in [0.29, 0.717) is 10.8 Å². The van der Waals surface area contributed by atoms with E-state index in [4.69, 9.17) is 12.2 Å². The van der Waals surface area contributed by atoms with Gasteiger partial charge in [0.25, 0.3) is 5.69 Å². The van der Waals surface area contributed by atoms with Gasteiger partial charge in [-0.05, 0) is 61.9 Å². The number of nitrogens with zero attached hydrogens (tertiary/aromatic N) is 2. The van der Waals surface area contributed by atoms with Gasteiger partial charge in [0.05, 0.1) is 4.92 Å². The number of nitro benzene ring substituents is 1. The van der Waals surface area contributed by atoms with Crippen LogP contribution in [-0.4, -0.2) is 28.0 Å². The van der Waals surface area contributed by atoms with Crippen molar-refractivity contribution in [1.29, 1.82) is 0 Å². The van der Waals surface area contributed by atoms with E-state index in [0.717, 1.165) is 12.2 Å². The van der Waals surface area contributed by atoms with Gasteiger partial charge in [0, 0.05) is 30.1 Å². The minimum atomic E-state index is -0.428. The number of benzene rings is 2. The van der Waals surface area contributed by atoms with Gasteiger partial charge in [-0.25, -0.2) is 0 Å². The molecule has 3 rings (SSSR count). The fourth-order valence-electron chi connectivity index (χ4n) is 3.06. The molecule has 0 aromatic heterocycles. The second kappa shape index (κ2) is 8.73. The molecule has 136 valence electrons. The van der Waals surface area contributed by atoms with Crippen molar-refractivity contribution < 1.29 is 4.92 Å². The maximum absolute atomic E-state index is 10.8. The van der Waals surface area contributed by atoms with Crippen LogP contribution in [0.15, 0.2) is 48.5 Å². The molecule has 1 heterocycles. The zero-order valence-electron chi connectivity index (χ0n) is 14.5. The number of thiocarbonyl (C=S) groups is 1. The molecule has 0 saturated carbocycles. The Kier molecular flexibility index (Phi) is 6.14. The van der Waals surface area contributed by atoms with Crippen LogP contribution in [0.2, 0.25) is 0 Å². The molecule has 0 amide bonds. The summed E-state index contributed by atoms with van der Waals surface area (Å²) in [7, 11) is 0. The Morgan fingerprint density at radius 1 is 1.04 bits per heavy atom. The average Bonchev–Trinajstić information content (AvgIpc) is 2.64. The molecule has 26 heavy (non-hydrogen) atoms. The lowest BCUT2D eigenvalue weighted by molar-refractivity contribution is -0.384. The highest BCUT2D eigenvalue weighted by Gasteiger charge is 2.10. The van der Waals surface area contributed by atoms with Gasteiger partial charge >= 0.3 is 0 Å². The van der Waals surface area contributed by atoms with E-state index in [9.17, 15) is 10.1 Å². The third-order valence-electron chi connectivity index (χ3n) is 4.38. The zero-order valence-corrected chi connectivity index (χ0v) is 15.3. The molecule has 0 spiro atoms. The molecule has 1 fully saturated rings. The quantitative estimate of drug-likeness (QED) is 0.462. The number of piperidine rings is 1. The van der Waals surface area contributed by atoms with Crippen LogP contribution >= 0.6 is 12.2 Å². The maximum atomic E-state index is 10.8. The van der Waals surface area contributed by atoms with Gasteiger partial charge < -0.3 is 10.6 Å². The first-order valence-corrected chi connectivity index (χ1v) is 9.15. The van der Waals surface area contributed by atoms with Crippen molar-refractivity contribution in [3.63, 3.8) is 0 Å². The molecule has 0 atom stereocenters. The molecule has 1 aliphatic rings. The predicted octanol–water partition coefficient (Wildman–Crippen LogP) is 4.39. The van der Waals surface area contributed by atoms with Gasteiger partial charge in [-0.2, -0.15) is 0 Å². The van der Waals surface area contributed by atoms with Crippen LogP contribution in [0, 0.1) is 10.1 Å². The molecular weight excluding hydrogens is 348 g/mol. The first kappa shape index (κ1) is 18.3. The molecule has 1 aliphatic heterocycles. The van der Waals surface area contributed by atoms with Gasteiger partial charge in [-0.3, -0.25) is 15.0 Å². The Balaban J connectivity index is 1.54. The lowest BCUT2D eigenvalue weighted by Gasteiger charge is -2.26. The van der Waals surface area contributed by atoms with Crippen LogP contribution in [0.5, 0.6) is 0 Å². The van der Waals surface area contributed by atoms with E-state index in [1.165, 1.54) is 50.0 Å². The number of anilines is 2. The largest absolute Gasteiger partial charge is 0.332 e. The lowest BCUT2D eigenvalue weighted by atomic mass is 10.1. The highest BCUT2D eigenvalue weighted by Crippen LogP contribution is 2.18. The molecule has 2 aromatic carbocycles. The topological polar surface area (TPSA) is 70.4 Å². The molecule has 2 N–H and O–H groups in total. The lowest BCUT2D eigenvalue weighted by Crippen LogP contribution is -2.29. The predicted molar refractivity (Wildman–Crippen MR) is 109 cm³/mol. The van der Waals surface area contributed by atoms with E-state index >= 15 is 0 Å². The average molecular weight is 370 g/mol. The maximum Gasteiger partial charge on any atom is 0.271 e. The zero-order chi connectivity index (χ0) is 18.4. The minimum absolute atomic E-state index is 0.0277. The van der Waals surface area contributed by atoms with Crippen molar-refractivity contribution in [2.24, 2.45) is 0 Å². The molecule has 6 nitrogen and oxygen atoms in total. The number of nitrogens with one attached hydrogen (secondary N) is 2. The SMILES string of the molecule is O=[N+]([O-])c1cccc(NC(=S)Nc2ccc(CN3CCCCC3)cc2)c1. The number of hydrogen-bond donors (Lipinski definition) is 2. The van der Waals surface area contributed by atoms with Crippen molar-refractivity contribution >= 4 is 34.4 Å². The van der Waals surface area contributed by atoms with Crippen LogP contribution in [-0.2, 0) is 6.54 Å². The Morgan fingerprint density at radius 2 is 1.73 bits per heavy atom. The molecule has 0 bridgehead atoms. The number of rotatable bonds is 5. The molecule has 7 heteroatoms. The number of hydrogen-bond acceptors (Lipinski definition) is 4. The van der Waals surface area contributed by atoms with Gasteiger partial charge in [-0.1, -0.05) is 24.6 Å². The molecule has 0 unspecified atom stereocenters. The summed E-state index contributed by atoms with van der Waals surface area (Å²) in [5.41, 5.74) is 2.78. The summed E-state index contributed by atoms with van der Waals surface area (Å²) in [6.07, 6.45) is 3.92. The second-order valence-corrected chi connectivity index (χ2v) is 6.83. The third kappa shape index (κ3) is 5.24. The van der Waals surface area contributed by atoms with E-state index in [1.807, 2.05) is 12.1 Å². The van der Waals surface area contributed by atoms with Crippen molar-refractivity contribution in [3.05, 3.63) is 64.2 Å². The number of likely N-dealkylation sites (tertiary alicyclic amines) is 1. The monoisotopic (exact) mass is 370 g/mol. The fourth-order valence-corrected chi connectivity index (χ4v) is 3.30. The summed E-state index contributed by atoms with van der Waals surface area (Å²) in [5, 5.41) is 17.3. The molecule has 1 saturated heterocycles. The first-order chi connectivity index (χ1) is 12.6. The van der Waals surface area contributed by atoms with Crippen molar-refractivity contribution in [2.75, 3.05) is 23.7 Å². The highest BCUT2D eigenvalue weighted by molar-refractivity contribution is 7.80. The second-order valence-electron chi connectivity index (χ2n) is 6.42. The van der Waals surface area contributed by atoms with Crippen LogP contribution in [0.3, 0.4) is 0 Å². The summed E-state index contributed by atoms with van der Waals surface area (Å²) < 4.78 is 0. The van der Waals surface area contributed by atoms with E-state index in [1.54, 1.807) is 12.1 Å². The minimum Gasteiger partial charge on any atom is -0.332 e. The molecule has 0 radical (unpaired) electrons. The summed E-state index contributed by atoms with van der Waals surface area (Å²) >= 11 is 5.29. The standard InChI is InChI=1S/C19H22N4O2S/c24-23(25)18-6-4-5-17(13-18)21-19(26)20-16-9-7-15(8-10-16)14-22-11-2-1-3-12-22/h4-10,13H,1-3,11-12,14H2,(H2,20,21,26). The highest BCUT2D eigenvalue weighted by atomic mass is 32.1. The van der Waals surface area contributed by atoms with Gasteiger partial charge in [0.2, 0.25) is 0 Å². The van der Waals surface area contributed by atoms with E-state index in [2.05, 4.69) is 27.7 Å². The van der Waals surface area contributed by atoms with Crippen LogP contribution in [0.1, 0.15) is 24.8 Å². The summed E-state index contributed by atoms with van der Waals surface area (Å²) in [6, 6.07) is 14.5. The summed E-state index contributed by atoms with van der Waals surface area (Å²) in [6.45, 7) is 3.34. The summed E-state index contributed by atoms with van der Waals surface area (Å²) in [4.78, 5) is 12.9.